The molecule has 15 heavy (non-hydrogen) atoms. The Morgan fingerprint density at radius 1 is 1.07 bits per heavy atom. The summed E-state index contributed by atoms with van der Waals surface area (Å²) in [6.07, 6.45) is 0.521. The Kier molecular flexibility index (Phi) is 10.9. The molecule has 0 heterocycles. The van der Waals surface area contributed by atoms with Gasteiger partial charge in [-0.15, -0.1) is 0 Å². The van der Waals surface area contributed by atoms with Crippen LogP contribution in [0.5, 0.6) is 0 Å². The summed E-state index contributed by atoms with van der Waals surface area (Å²) in [5, 5.41) is 5.71. The highest BCUT2D eigenvalue weighted by molar-refractivity contribution is 5.75. The van der Waals surface area contributed by atoms with E-state index in [0.29, 0.717) is 39.4 Å². The molecule has 0 saturated heterocycles. The van der Waals surface area contributed by atoms with Gasteiger partial charge in [-0.1, -0.05) is 6.92 Å². The van der Waals surface area contributed by atoms with Gasteiger partial charge in [-0.05, 0) is 7.05 Å². The van der Waals surface area contributed by atoms with Crippen molar-refractivity contribution in [3.8, 4) is 0 Å². The van der Waals surface area contributed by atoms with E-state index < -0.39 is 0 Å². The number of carbonyl (C=O) groups excluding carboxylic acids is 1. The number of ether oxygens (including phenoxy) is 2. The number of carbonyl (C=O) groups is 1. The minimum Gasteiger partial charge on any atom is -0.378 e. The van der Waals surface area contributed by atoms with Crippen LogP contribution in [0.25, 0.3) is 0 Å². The second-order valence-electron chi connectivity index (χ2n) is 3.03. The number of hydrogen-bond acceptors (Lipinski definition) is 4. The molecule has 0 rings (SSSR count). The van der Waals surface area contributed by atoms with Gasteiger partial charge in [0, 0.05) is 19.5 Å². The molecule has 1 amide bonds. The van der Waals surface area contributed by atoms with Gasteiger partial charge in [-0.3, -0.25) is 4.79 Å². The highest BCUT2D eigenvalue weighted by Gasteiger charge is 1.94. The maximum absolute atomic E-state index is 10.8. The van der Waals surface area contributed by atoms with Gasteiger partial charge < -0.3 is 20.1 Å². The zero-order valence-electron chi connectivity index (χ0n) is 9.67. The van der Waals surface area contributed by atoms with Gasteiger partial charge in [0.05, 0.1) is 26.4 Å². The molecule has 0 bridgehead atoms. The lowest BCUT2D eigenvalue weighted by atomic mass is 10.4. The zero-order chi connectivity index (χ0) is 11.4. The lowest BCUT2D eigenvalue weighted by molar-refractivity contribution is -0.121. The van der Waals surface area contributed by atoms with Gasteiger partial charge >= 0.3 is 0 Å². The summed E-state index contributed by atoms with van der Waals surface area (Å²) >= 11 is 0. The summed E-state index contributed by atoms with van der Waals surface area (Å²) in [4.78, 5) is 10.8. The molecule has 2 N–H and O–H groups in total. The fourth-order valence-electron chi connectivity index (χ4n) is 0.884. The molecular formula is C10H22N2O3. The first-order chi connectivity index (χ1) is 7.31. The molecule has 0 saturated carbocycles. The molecule has 5 nitrogen and oxygen atoms in total. The maximum Gasteiger partial charge on any atom is 0.219 e. The fourth-order valence-corrected chi connectivity index (χ4v) is 0.884. The fraction of sp³-hybridized carbons (Fsp3) is 0.900. The van der Waals surface area contributed by atoms with Crippen molar-refractivity contribution in [2.75, 3.05) is 46.6 Å². The van der Waals surface area contributed by atoms with Crippen molar-refractivity contribution in [3.05, 3.63) is 0 Å². The SMILES string of the molecule is CCC(=O)NCCOCCOCCNC. The van der Waals surface area contributed by atoms with E-state index in [1.807, 2.05) is 14.0 Å². The van der Waals surface area contributed by atoms with Crippen LogP contribution in [-0.4, -0.2) is 52.5 Å². The van der Waals surface area contributed by atoms with Crippen LogP contribution in [0.2, 0.25) is 0 Å². The quantitative estimate of drug-likeness (QED) is 0.497. The molecule has 0 unspecified atom stereocenters. The first-order valence-electron chi connectivity index (χ1n) is 5.38. The number of nitrogens with one attached hydrogen (secondary N) is 2. The Morgan fingerprint density at radius 3 is 2.20 bits per heavy atom. The Bertz CT molecular complexity index is 154. The summed E-state index contributed by atoms with van der Waals surface area (Å²) in [7, 11) is 1.89. The summed E-state index contributed by atoms with van der Waals surface area (Å²) in [5.74, 6) is 0.0591. The molecular weight excluding hydrogens is 196 g/mol. The van der Waals surface area contributed by atoms with E-state index >= 15 is 0 Å². The van der Waals surface area contributed by atoms with E-state index in [2.05, 4.69) is 10.6 Å². The Labute approximate surface area is 91.5 Å². The van der Waals surface area contributed by atoms with Gasteiger partial charge in [0.1, 0.15) is 0 Å². The van der Waals surface area contributed by atoms with E-state index in [1.165, 1.54) is 0 Å². The van der Waals surface area contributed by atoms with Gasteiger partial charge in [-0.25, -0.2) is 0 Å². The van der Waals surface area contributed by atoms with Crippen molar-refractivity contribution < 1.29 is 14.3 Å². The predicted octanol–water partition coefficient (Wildman–Crippen LogP) is -0.235. The highest BCUT2D eigenvalue weighted by Crippen LogP contribution is 1.79. The maximum atomic E-state index is 10.8. The molecule has 5 heteroatoms. The molecule has 90 valence electrons. The number of hydrogen-bond donors (Lipinski definition) is 2. The standard InChI is InChI=1S/C10H22N2O3/c1-3-10(13)12-5-7-15-9-8-14-6-4-11-2/h11H,3-9H2,1-2H3,(H,12,13). The average Bonchev–Trinajstić information content (AvgIpc) is 2.26. The van der Waals surface area contributed by atoms with Gasteiger partial charge in [0.25, 0.3) is 0 Å². The minimum atomic E-state index is 0.0591. The second-order valence-corrected chi connectivity index (χ2v) is 3.03. The lowest BCUT2D eigenvalue weighted by Gasteiger charge is -2.06. The number of amides is 1. The van der Waals surface area contributed by atoms with Crippen LogP contribution >= 0.6 is 0 Å². The predicted molar refractivity (Wildman–Crippen MR) is 58.9 cm³/mol. The van der Waals surface area contributed by atoms with Crippen molar-refractivity contribution in [1.29, 1.82) is 0 Å². The number of rotatable bonds is 10. The summed E-state index contributed by atoms with van der Waals surface area (Å²) in [5.41, 5.74) is 0. The third-order valence-electron chi connectivity index (χ3n) is 1.76. The summed E-state index contributed by atoms with van der Waals surface area (Å²) in [6.45, 7) is 5.67. The highest BCUT2D eigenvalue weighted by atomic mass is 16.5. The van der Waals surface area contributed by atoms with Crippen LogP contribution in [0.3, 0.4) is 0 Å². The zero-order valence-corrected chi connectivity index (χ0v) is 9.67. The Hall–Kier alpha value is -0.650. The Morgan fingerprint density at radius 2 is 1.67 bits per heavy atom. The smallest absolute Gasteiger partial charge is 0.219 e. The molecule has 0 spiro atoms. The van der Waals surface area contributed by atoms with E-state index in [0.717, 1.165) is 6.54 Å². The van der Waals surface area contributed by atoms with Crippen LogP contribution in [0.15, 0.2) is 0 Å². The van der Waals surface area contributed by atoms with Crippen LogP contribution in [0, 0.1) is 0 Å². The van der Waals surface area contributed by atoms with Crippen molar-refractivity contribution in [2.45, 2.75) is 13.3 Å². The molecule has 0 fully saturated rings. The third-order valence-corrected chi connectivity index (χ3v) is 1.76. The first kappa shape index (κ1) is 14.3. The molecule has 0 aliphatic heterocycles. The van der Waals surface area contributed by atoms with E-state index in [-0.39, 0.29) is 5.91 Å². The molecule has 0 radical (unpaired) electrons. The molecule has 0 aliphatic rings. The van der Waals surface area contributed by atoms with Crippen molar-refractivity contribution in [3.63, 3.8) is 0 Å². The summed E-state index contributed by atoms with van der Waals surface area (Å²) < 4.78 is 10.5. The van der Waals surface area contributed by atoms with Gasteiger partial charge in [0.2, 0.25) is 5.91 Å². The van der Waals surface area contributed by atoms with Crippen LogP contribution in [0.4, 0.5) is 0 Å². The van der Waals surface area contributed by atoms with Gasteiger partial charge in [0.15, 0.2) is 0 Å². The van der Waals surface area contributed by atoms with Crippen molar-refractivity contribution in [2.24, 2.45) is 0 Å². The largest absolute Gasteiger partial charge is 0.378 e. The molecule has 0 aromatic heterocycles. The second kappa shape index (κ2) is 11.4. The van der Waals surface area contributed by atoms with Crippen LogP contribution in [0.1, 0.15) is 13.3 Å². The normalized spacial score (nSPS) is 10.3. The van der Waals surface area contributed by atoms with Crippen molar-refractivity contribution >= 4 is 5.91 Å². The average molecular weight is 218 g/mol. The minimum absolute atomic E-state index is 0.0591. The monoisotopic (exact) mass is 218 g/mol. The first-order valence-corrected chi connectivity index (χ1v) is 5.38. The van der Waals surface area contributed by atoms with E-state index in [9.17, 15) is 4.79 Å². The summed E-state index contributed by atoms with van der Waals surface area (Å²) in [6, 6.07) is 0. The van der Waals surface area contributed by atoms with E-state index in [4.69, 9.17) is 9.47 Å². The van der Waals surface area contributed by atoms with E-state index in [1.54, 1.807) is 0 Å². The topological polar surface area (TPSA) is 59.6 Å². The van der Waals surface area contributed by atoms with Crippen LogP contribution < -0.4 is 10.6 Å². The van der Waals surface area contributed by atoms with Crippen LogP contribution in [-0.2, 0) is 14.3 Å². The molecule has 0 aliphatic carbocycles. The molecule has 0 atom stereocenters. The molecule has 0 aromatic rings. The molecule has 0 aromatic carbocycles. The number of likely N-dealkylation sites (N-methyl/N-ethyl adjacent to an activating group) is 1. The van der Waals surface area contributed by atoms with Gasteiger partial charge in [-0.2, -0.15) is 0 Å². The lowest BCUT2D eigenvalue weighted by Crippen LogP contribution is -2.26. The third kappa shape index (κ3) is 11.3. The Balaban J connectivity index is 2.95. The van der Waals surface area contributed by atoms with Crippen molar-refractivity contribution in [1.82, 2.24) is 10.6 Å².